The van der Waals surface area contributed by atoms with Crippen molar-refractivity contribution in [1.82, 2.24) is 4.90 Å². The van der Waals surface area contributed by atoms with Crippen molar-refractivity contribution in [2.24, 2.45) is 11.8 Å². The topological polar surface area (TPSA) is 20.3 Å². The van der Waals surface area contributed by atoms with Gasteiger partial charge in [0, 0.05) is 19.0 Å². The largest absolute Gasteiger partial charge is 0.302 e. The smallest absolute Gasteiger partial charge is 0.134 e. The quantitative estimate of drug-likeness (QED) is 0.697. The molecule has 2 unspecified atom stereocenters. The molecule has 0 aromatic heterocycles. The SMILES string of the molecule is CCCC(C)CN1CCCC(C(C)=O)C1. The Hall–Kier alpha value is -0.370. The number of carbonyl (C=O) groups excluding carboxylic acids is 1. The van der Waals surface area contributed by atoms with E-state index in [1.807, 2.05) is 0 Å². The molecule has 2 nitrogen and oxygen atoms in total. The van der Waals surface area contributed by atoms with Crippen molar-refractivity contribution in [3.05, 3.63) is 0 Å². The predicted octanol–water partition coefficient (Wildman–Crippen LogP) is 2.72. The second-order valence-electron chi connectivity index (χ2n) is 5.10. The summed E-state index contributed by atoms with van der Waals surface area (Å²) in [7, 11) is 0. The molecule has 0 radical (unpaired) electrons. The number of rotatable bonds is 5. The van der Waals surface area contributed by atoms with Crippen LogP contribution in [-0.2, 0) is 4.79 Å². The van der Waals surface area contributed by atoms with Crippen molar-refractivity contribution < 1.29 is 4.79 Å². The molecular formula is C13H25NO. The van der Waals surface area contributed by atoms with Gasteiger partial charge in [0.15, 0.2) is 0 Å². The molecule has 1 fully saturated rings. The lowest BCUT2D eigenvalue weighted by Gasteiger charge is -2.33. The third kappa shape index (κ3) is 4.33. The highest BCUT2D eigenvalue weighted by Gasteiger charge is 2.23. The zero-order valence-corrected chi connectivity index (χ0v) is 10.5. The minimum Gasteiger partial charge on any atom is -0.302 e. The molecule has 1 aliphatic heterocycles. The number of hydrogen-bond donors (Lipinski definition) is 0. The van der Waals surface area contributed by atoms with Crippen molar-refractivity contribution in [2.45, 2.75) is 46.5 Å². The Morgan fingerprint density at radius 1 is 1.53 bits per heavy atom. The van der Waals surface area contributed by atoms with E-state index in [9.17, 15) is 4.79 Å². The second kappa shape index (κ2) is 6.26. The van der Waals surface area contributed by atoms with Gasteiger partial charge in [-0.05, 0) is 38.6 Å². The summed E-state index contributed by atoms with van der Waals surface area (Å²) in [6, 6.07) is 0. The Bertz CT molecular complexity index is 203. The summed E-state index contributed by atoms with van der Waals surface area (Å²) in [6.07, 6.45) is 4.88. The van der Waals surface area contributed by atoms with Crippen molar-refractivity contribution in [1.29, 1.82) is 0 Å². The van der Waals surface area contributed by atoms with Crippen LogP contribution in [0, 0.1) is 11.8 Å². The maximum absolute atomic E-state index is 11.3. The number of piperidine rings is 1. The molecule has 1 heterocycles. The molecule has 2 atom stereocenters. The molecule has 0 spiro atoms. The standard InChI is InChI=1S/C13H25NO/c1-4-6-11(2)9-14-8-5-7-13(10-14)12(3)15/h11,13H,4-10H2,1-3H3. The van der Waals surface area contributed by atoms with Gasteiger partial charge in [0.05, 0.1) is 0 Å². The van der Waals surface area contributed by atoms with Crippen molar-refractivity contribution in [3.8, 4) is 0 Å². The highest BCUT2D eigenvalue weighted by molar-refractivity contribution is 5.78. The van der Waals surface area contributed by atoms with Gasteiger partial charge >= 0.3 is 0 Å². The highest BCUT2D eigenvalue weighted by atomic mass is 16.1. The molecule has 0 amide bonds. The van der Waals surface area contributed by atoms with E-state index in [0.29, 0.717) is 11.7 Å². The Balaban J connectivity index is 2.32. The summed E-state index contributed by atoms with van der Waals surface area (Å²) in [6.45, 7) is 9.68. The molecule has 0 aromatic rings. The van der Waals surface area contributed by atoms with Crippen LogP contribution in [0.2, 0.25) is 0 Å². The van der Waals surface area contributed by atoms with Crippen LogP contribution in [0.1, 0.15) is 46.5 Å². The third-order valence-corrected chi connectivity index (χ3v) is 3.43. The monoisotopic (exact) mass is 211 g/mol. The summed E-state index contributed by atoms with van der Waals surface area (Å²) < 4.78 is 0. The van der Waals surface area contributed by atoms with E-state index in [0.717, 1.165) is 18.9 Å². The summed E-state index contributed by atoms with van der Waals surface area (Å²) in [5, 5.41) is 0. The molecule has 0 aromatic carbocycles. The molecule has 88 valence electrons. The molecule has 15 heavy (non-hydrogen) atoms. The first-order chi connectivity index (χ1) is 7.13. The number of hydrogen-bond acceptors (Lipinski definition) is 2. The van der Waals surface area contributed by atoms with Crippen LogP contribution in [0.15, 0.2) is 0 Å². The average Bonchev–Trinajstić information content (AvgIpc) is 2.18. The molecule has 1 aliphatic rings. The lowest BCUT2D eigenvalue weighted by Crippen LogP contribution is -2.40. The van der Waals surface area contributed by atoms with Gasteiger partial charge in [0.1, 0.15) is 5.78 Å². The van der Waals surface area contributed by atoms with Gasteiger partial charge in [0.2, 0.25) is 0 Å². The minimum atomic E-state index is 0.313. The van der Waals surface area contributed by atoms with E-state index in [4.69, 9.17) is 0 Å². The molecule has 0 bridgehead atoms. The van der Waals surface area contributed by atoms with E-state index in [2.05, 4.69) is 18.7 Å². The molecule has 1 saturated heterocycles. The minimum absolute atomic E-state index is 0.313. The lowest BCUT2D eigenvalue weighted by molar-refractivity contribution is -0.122. The van der Waals surface area contributed by atoms with Crippen LogP contribution in [0.4, 0.5) is 0 Å². The first kappa shape index (κ1) is 12.7. The van der Waals surface area contributed by atoms with Gasteiger partial charge in [-0.25, -0.2) is 0 Å². The van der Waals surface area contributed by atoms with Crippen molar-refractivity contribution in [2.75, 3.05) is 19.6 Å². The van der Waals surface area contributed by atoms with Crippen LogP contribution >= 0.6 is 0 Å². The molecule has 1 rings (SSSR count). The van der Waals surface area contributed by atoms with E-state index in [1.54, 1.807) is 6.92 Å². The maximum Gasteiger partial charge on any atom is 0.134 e. The van der Waals surface area contributed by atoms with Crippen molar-refractivity contribution >= 4 is 5.78 Å². The maximum atomic E-state index is 11.3. The fourth-order valence-corrected chi connectivity index (χ4v) is 2.58. The predicted molar refractivity (Wildman–Crippen MR) is 63.9 cm³/mol. The van der Waals surface area contributed by atoms with Crippen LogP contribution < -0.4 is 0 Å². The molecular weight excluding hydrogens is 186 g/mol. The van der Waals surface area contributed by atoms with Crippen LogP contribution in [0.25, 0.3) is 0 Å². The Kier molecular flexibility index (Phi) is 5.30. The fourth-order valence-electron chi connectivity index (χ4n) is 2.58. The fraction of sp³-hybridized carbons (Fsp3) is 0.923. The normalized spacial score (nSPS) is 25.1. The van der Waals surface area contributed by atoms with Gasteiger partial charge in [-0.3, -0.25) is 4.79 Å². The third-order valence-electron chi connectivity index (χ3n) is 3.43. The van der Waals surface area contributed by atoms with E-state index >= 15 is 0 Å². The summed E-state index contributed by atoms with van der Waals surface area (Å²) in [4.78, 5) is 13.8. The summed E-state index contributed by atoms with van der Waals surface area (Å²) in [5.41, 5.74) is 0. The van der Waals surface area contributed by atoms with Crippen LogP contribution in [0.3, 0.4) is 0 Å². The van der Waals surface area contributed by atoms with Gasteiger partial charge < -0.3 is 4.90 Å². The Labute approximate surface area is 94.0 Å². The van der Waals surface area contributed by atoms with E-state index in [-0.39, 0.29) is 0 Å². The summed E-state index contributed by atoms with van der Waals surface area (Å²) >= 11 is 0. The Morgan fingerprint density at radius 2 is 2.27 bits per heavy atom. The van der Waals surface area contributed by atoms with Gasteiger partial charge in [0.25, 0.3) is 0 Å². The van der Waals surface area contributed by atoms with Crippen LogP contribution in [-0.4, -0.2) is 30.3 Å². The van der Waals surface area contributed by atoms with Crippen LogP contribution in [0.5, 0.6) is 0 Å². The van der Waals surface area contributed by atoms with Gasteiger partial charge in [-0.15, -0.1) is 0 Å². The van der Waals surface area contributed by atoms with Crippen molar-refractivity contribution in [3.63, 3.8) is 0 Å². The Morgan fingerprint density at radius 3 is 2.87 bits per heavy atom. The number of likely N-dealkylation sites (tertiary alicyclic amines) is 1. The second-order valence-corrected chi connectivity index (χ2v) is 5.10. The number of Topliss-reactive ketones (excluding diaryl/α,β-unsaturated/α-hetero) is 1. The van der Waals surface area contributed by atoms with Gasteiger partial charge in [-0.1, -0.05) is 20.3 Å². The molecule has 2 heteroatoms. The van der Waals surface area contributed by atoms with E-state index in [1.165, 1.54) is 32.4 Å². The molecule has 0 aliphatic carbocycles. The number of ketones is 1. The average molecular weight is 211 g/mol. The zero-order chi connectivity index (χ0) is 11.3. The van der Waals surface area contributed by atoms with E-state index < -0.39 is 0 Å². The zero-order valence-electron chi connectivity index (χ0n) is 10.5. The number of carbonyl (C=O) groups is 1. The number of nitrogens with zero attached hydrogens (tertiary/aromatic N) is 1. The first-order valence-electron chi connectivity index (χ1n) is 6.36. The lowest BCUT2D eigenvalue weighted by atomic mass is 9.93. The molecule has 0 saturated carbocycles. The van der Waals surface area contributed by atoms with Gasteiger partial charge in [-0.2, -0.15) is 0 Å². The highest BCUT2D eigenvalue weighted by Crippen LogP contribution is 2.19. The summed E-state index contributed by atoms with van der Waals surface area (Å²) in [5.74, 6) is 1.47. The first-order valence-corrected chi connectivity index (χ1v) is 6.36. The molecule has 0 N–H and O–H groups in total.